The highest BCUT2D eigenvalue weighted by Gasteiger charge is 2.67. The molecule has 1 atom stereocenters. The maximum absolute atomic E-state index is 8.52. The van der Waals surface area contributed by atoms with E-state index in [1.807, 2.05) is 12.1 Å². The van der Waals surface area contributed by atoms with Gasteiger partial charge in [0, 0.05) is 6.42 Å². The Labute approximate surface area is 64.3 Å². The Morgan fingerprint density at radius 3 is 2.10 bits per heavy atom. The standard InChI is InChI=1S/C7H5ClN2/c1-2-7(8)3-6(7,4-9)5-10/h2H,1,3H2. The lowest BCUT2D eigenvalue weighted by atomic mass is 10.1. The summed E-state index contributed by atoms with van der Waals surface area (Å²) >= 11 is 5.79. The Bertz CT molecular complexity index is 244. The van der Waals surface area contributed by atoms with Gasteiger partial charge in [-0.1, -0.05) is 6.08 Å². The highest BCUT2D eigenvalue weighted by molar-refractivity contribution is 6.29. The van der Waals surface area contributed by atoms with E-state index in [9.17, 15) is 0 Å². The fourth-order valence-corrected chi connectivity index (χ4v) is 1.16. The van der Waals surface area contributed by atoms with Gasteiger partial charge < -0.3 is 0 Å². The van der Waals surface area contributed by atoms with Crippen molar-refractivity contribution < 1.29 is 0 Å². The number of alkyl halides is 1. The van der Waals surface area contributed by atoms with Crippen molar-refractivity contribution in [1.29, 1.82) is 10.5 Å². The zero-order chi connectivity index (χ0) is 7.83. The average Bonchev–Trinajstić information content (AvgIpc) is 2.59. The second-order valence-corrected chi connectivity index (χ2v) is 3.05. The van der Waals surface area contributed by atoms with E-state index in [4.69, 9.17) is 22.1 Å². The normalized spacial score (nSPS) is 33.5. The van der Waals surface area contributed by atoms with Gasteiger partial charge in [-0.05, 0) is 0 Å². The van der Waals surface area contributed by atoms with Crippen molar-refractivity contribution in [3.63, 3.8) is 0 Å². The molecule has 1 fully saturated rings. The fraction of sp³-hybridized carbons (Fsp3) is 0.429. The van der Waals surface area contributed by atoms with E-state index < -0.39 is 10.3 Å². The third-order valence-electron chi connectivity index (χ3n) is 1.81. The molecular weight excluding hydrogens is 148 g/mol. The number of hydrogen-bond acceptors (Lipinski definition) is 2. The predicted molar refractivity (Wildman–Crippen MR) is 37.1 cm³/mol. The summed E-state index contributed by atoms with van der Waals surface area (Å²) < 4.78 is 0. The van der Waals surface area contributed by atoms with Crippen molar-refractivity contribution in [1.82, 2.24) is 0 Å². The van der Waals surface area contributed by atoms with Crippen molar-refractivity contribution >= 4 is 11.6 Å². The molecule has 3 heteroatoms. The van der Waals surface area contributed by atoms with E-state index in [0.29, 0.717) is 6.42 Å². The second-order valence-electron chi connectivity index (χ2n) is 2.37. The summed E-state index contributed by atoms with van der Waals surface area (Å²) in [6, 6.07) is 3.76. The summed E-state index contributed by atoms with van der Waals surface area (Å²) in [6.45, 7) is 3.45. The highest BCUT2D eigenvalue weighted by atomic mass is 35.5. The quantitative estimate of drug-likeness (QED) is 0.423. The smallest absolute Gasteiger partial charge is 0.168 e. The largest absolute Gasteiger partial charge is 0.196 e. The van der Waals surface area contributed by atoms with Crippen LogP contribution in [0.4, 0.5) is 0 Å². The molecule has 50 valence electrons. The van der Waals surface area contributed by atoms with E-state index in [1.54, 1.807) is 0 Å². The number of rotatable bonds is 1. The summed E-state index contributed by atoms with van der Waals surface area (Å²) in [5.41, 5.74) is -1.00. The molecule has 0 aromatic carbocycles. The molecule has 0 saturated heterocycles. The van der Waals surface area contributed by atoms with Crippen molar-refractivity contribution in [2.45, 2.75) is 11.3 Å². The molecule has 1 saturated carbocycles. The minimum absolute atomic E-state index is 0.401. The molecule has 1 aliphatic rings. The van der Waals surface area contributed by atoms with Crippen LogP contribution in [0.15, 0.2) is 12.7 Å². The summed E-state index contributed by atoms with van der Waals surface area (Å²) in [4.78, 5) is -0.781. The van der Waals surface area contributed by atoms with Crippen LogP contribution in [0.25, 0.3) is 0 Å². The molecule has 0 spiro atoms. The third kappa shape index (κ3) is 0.574. The molecule has 0 aliphatic heterocycles. The minimum atomic E-state index is -1.00. The van der Waals surface area contributed by atoms with Gasteiger partial charge in [0.05, 0.1) is 17.0 Å². The molecule has 0 aromatic heterocycles. The van der Waals surface area contributed by atoms with Crippen molar-refractivity contribution in [3.8, 4) is 12.1 Å². The van der Waals surface area contributed by atoms with Crippen molar-refractivity contribution in [3.05, 3.63) is 12.7 Å². The number of nitrogens with zero attached hydrogens (tertiary/aromatic N) is 2. The SMILES string of the molecule is C=CC1(Cl)CC1(C#N)C#N. The Balaban J connectivity index is 2.94. The second kappa shape index (κ2) is 1.75. The zero-order valence-corrected chi connectivity index (χ0v) is 6.02. The van der Waals surface area contributed by atoms with Gasteiger partial charge >= 0.3 is 0 Å². The van der Waals surface area contributed by atoms with Crippen LogP contribution in [0.1, 0.15) is 6.42 Å². The maximum atomic E-state index is 8.52. The van der Waals surface area contributed by atoms with Crippen molar-refractivity contribution in [2.75, 3.05) is 0 Å². The van der Waals surface area contributed by atoms with E-state index >= 15 is 0 Å². The zero-order valence-electron chi connectivity index (χ0n) is 5.26. The lowest BCUT2D eigenvalue weighted by Crippen LogP contribution is -2.06. The first kappa shape index (κ1) is 7.12. The minimum Gasteiger partial charge on any atom is -0.196 e. The lowest BCUT2D eigenvalue weighted by molar-refractivity contribution is 0.847. The van der Waals surface area contributed by atoms with E-state index in [-0.39, 0.29) is 0 Å². The van der Waals surface area contributed by atoms with Gasteiger partial charge in [0.2, 0.25) is 0 Å². The topological polar surface area (TPSA) is 47.6 Å². The lowest BCUT2D eigenvalue weighted by Gasteiger charge is -1.98. The van der Waals surface area contributed by atoms with Crippen LogP contribution in [-0.2, 0) is 0 Å². The van der Waals surface area contributed by atoms with Crippen LogP contribution in [0, 0.1) is 28.1 Å². The molecule has 1 aliphatic carbocycles. The van der Waals surface area contributed by atoms with E-state index in [2.05, 4.69) is 6.58 Å². The number of hydrogen-bond donors (Lipinski definition) is 0. The van der Waals surface area contributed by atoms with Crippen molar-refractivity contribution in [2.24, 2.45) is 5.41 Å². The van der Waals surface area contributed by atoms with Gasteiger partial charge in [-0.25, -0.2) is 0 Å². The summed E-state index contributed by atoms with van der Waals surface area (Å²) in [6.07, 6.45) is 1.86. The molecule has 2 nitrogen and oxygen atoms in total. The van der Waals surface area contributed by atoms with Crippen LogP contribution < -0.4 is 0 Å². The Morgan fingerprint density at radius 2 is 2.00 bits per heavy atom. The van der Waals surface area contributed by atoms with Gasteiger partial charge in [0.1, 0.15) is 0 Å². The predicted octanol–water partition coefficient (Wildman–Crippen LogP) is 1.59. The van der Waals surface area contributed by atoms with Crippen LogP contribution in [-0.4, -0.2) is 4.87 Å². The highest BCUT2D eigenvalue weighted by Crippen LogP contribution is 2.60. The average molecular weight is 153 g/mol. The van der Waals surface area contributed by atoms with Crippen LogP contribution in [0.2, 0.25) is 0 Å². The molecule has 0 bridgehead atoms. The van der Waals surface area contributed by atoms with Gasteiger partial charge in [-0.3, -0.25) is 0 Å². The third-order valence-corrected chi connectivity index (χ3v) is 2.42. The molecule has 1 unspecified atom stereocenters. The Hall–Kier alpha value is -0.990. The molecular formula is C7H5ClN2. The molecule has 1 rings (SSSR count). The fourth-order valence-electron chi connectivity index (χ4n) is 0.878. The summed E-state index contributed by atoms with van der Waals surface area (Å²) in [7, 11) is 0. The van der Waals surface area contributed by atoms with Gasteiger partial charge in [0.25, 0.3) is 0 Å². The molecule has 0 radical (unpaired) electrons. The van der Waals surface area contributed by atoms with Crippen LogP contribution in [0.5, 0.6) is 0 Å². The first-order chi connectivity index (χ1) is 4.64. The van der Waals surface area contributed by atoms with Gasteiger partial charge in [0.15, 0.2) is 5.41 Å². The first-order valence-corrected chi connectivity index (χ1v) is 3.17. The monoisotopic (exact) mass is 152 g/mol. The Kier molecular flexibility index (Phi) is 1.24. The van der Waals surface area contributed by atoms with E-state index in [0.717, 1.165) is 0 Å². The summed E-state index contributed by atoms with van der Waals surface area (Å²) in [5.74, 6) is 0. The van der Waals surface area contributed by atoms with Crippen LogP contribution >= 0.6 is 11.6 Å². The Morgan fingerprint density at radius 1 is 1.50 bits per heavy atom. The van der Waals surface area contributed by atoms with Crippen LogP contribution in [0.3, 0.4) is 0 Å². The first-order valence-electron chi connectivity index (χ1n) is 2.79. The summed E-state index contributed by atoms with van der Waals surface area (Å²) in [5, 5.41) is 17.0. The van der Waals surface area contributed by atoms with E-state index in [1.165, 1.54) is 6.08 Å². The number of allylic oxidation sites excluding steroid dienone is 1. The number of nitriles is 2. The molecule has 0 heterocycles. The molecule has 0 N–H and O–H groups in total. The molecule has 10 heavy (non-hydrogen) atoms. The number of halogens is 1. The molecule has 0 amide bonds. The molecule has 0 aromatic rings. The maximum Gasteiger partial charge on any atom is 0.168 e. The van der Waals surface area contributed by atoms with Gasteiger partial charge in [-0.15, -0.1) is 18.2 Å². The van der Waals surface area contributed by atoms with Gasteiger partial charge in [-0.2, -0.15) is 10.5 Å².